The predicted molar refractivity (Wildman–Crippen MR) is 93.8 cm³/mol. The summed E-state index contributed by atoms with van der Waals surface area (Å²) in [6.45, 7) is 6.89. The average Bonchev–Trinajstić information content (AvgIpc) is 2.47. The lowest BCUT2D eigenvalue weighted by molar-refractivity contribution is 0.444. The van der Waals surface area contributed by atoms with Gasteiger partial charge >= 0.3 is 0 Å². The molecule has 0 saturated carbocycles. The van der Waals surface area contributed by atoms with Crippen molar-refractivity contribution in [3.63, 3.8) is 0 Å². The summed E-state index contributed by atoms with van der Waals surface area (Å²) < 4.78 is 0. The van der Waals surface area contributed by atoms with E-state index in [1.54, 1.807) is 0 Å². The first-order valence-corrected chi connectivity index (χ1v) is 9.65. The van der Waals surface area contributed by atoms with E-state index in [-0.39, 0.29) is 0 Å². The summed E-state index contributed by atoms with van der Waals surface area (Å²) in [4.78, 5) is 0. The van der Waals surface area contributed by atoms with Gasteiger partial charge in [-0.1, -0.05) is 78.1 Å². The monoisotopic (exact) mass is 303 g/mol. The molecule has 0 aliphatic rings. The summed E-state index contributed by atoms with van der Waals surface area (Å²) in [6, 6.07) is 0. The summed E-state index contributed by atoms with van der Waals surface area (Å²) >= 11 is 5.80. The van der Waals surface area contributed by atoms with Crippen molar-refractivity contribution in [3.05, 3.63) is 0 Å². The van der Waals surface area contributed by atoms with Crippen LogP contribution < -0.4 is 5.32 Å². The molecule has 0 aromatic carbocycles. The maximum atomic E-state index is 5.80. The maximum Gasteiger partial charge on any atom is 0.0226 e. The van der Waals surface area contributed by atoms with Crippen molar-refractivity contribution in [2.24, 2.45) is 5.92 Å². The molecular formula is C18H38ClN. The molecule has 0 rings (SSSR count). The highest BCUT2D eigenvalue weighted by Gasteiger charge is 2.03. The summed E-state index contributed by atoms with van der Waals surface area (Å²) in [5.74, 6) is 1.58. The third kappa shape index (κ3) is 14.7. The van der Waals surface area contributed by atoms with Crippen LogP contribution in [-0.4, -0.2) is 19.0 Å². The van der Waals surface area contributed by atoms with Crippen molar-refractivity contribution >= 4 is 11.6 Å². The Morgan fingerprint density at radius 3 is 1.85 bits per heavy atom. The lowest BCUT2D eigenvalue weighted by Crippen LogP contribution is -2.23. The van der Waals surface area contributed by atoms with Crippen LogP contribution in [-0.2, 0) is 0 Å². The molecule has 1 nitrogen and oxygen atoms in total. The molecule has 0 fully saturated rings. The molecule has 0 bridgehead atoms. The van der Waals surface area contributed by atoms with E-state index in [1.165, 1.54) is 77.2 Å². The van der Waals surface area contributed by atoms with E-state index >= 15 is 0 Å². The standard InChI is InChI=1S/C18H38ClN/c1-3-5-6-7-8-9-10-11-12-13-16-20-17-18(4-2)14-15-19/h18,20H,3-17H2,1-2H3. The van der Waals surface area contributed by atoms with Gasteiger partial charge in [0.1, 0.15) is 0 Å². The fourth-order valence-electron chi connectivity index (χ4n) is 2.65. The highest BCUT2D eigenvalue weighted by Crippen LogP contribution is 2.10. The van der Waals surface area contributed by atoms with Crippen LogP contribution in [0.25, 0.3) is 0 Å². The number of hydrogen-bond acceptors (Lipinski definition) is 1. The highest BCUT2D eigenvalue weighted by molar-refractivity contribution is 6.17. The van der Waals surface area contributed by atoms with Crippen molar-refractivity contribution in [2.45, 2.75) is 90.9 Å². The van der Waals surface area contributed by atoms with Crippen LogP contribution >= 0.6 is 11.6 Å². The second-order valence-electron chi connectivity index (χ2n) is 6.14. The fraction of sp³-hybridized carbons (Fsp3) is 1.00. The lowest BCUT2D eigenvalue weighted by Gasteiger charge is -2.14. The number of alkyl halides is 1. The summed E-state index contributed by atoms with van der Waals surface area (Å²) in [7, 11) is 0. The zero-order valence-electron chi connectivity index (χ0n) is 14.1. The highest BCUT2D eigenvalue weighted by atomic mass is 35.5. The first-order valence-electron chi connectivity index (χ1n) is 9.11. The molecule has 0 spiro atoms. The van der Waals surface area contributed by atoms with Crippen LogP contribution in [0, 0.1) is 5.92 Å². The van der Waals surface area contributed by atoms with E-state index in [0.29, 0.717) is 0 Å². The summed E-state index contributed by atoms with van der Waals surface area (Å²) in [5, 5.41) is 3.59. The van der Waals surface area contributed by atoms with Gasteiger partial charge in [-0.05, 0) is 31.8 Å². The molecule has 1 N–H and O–H groups in total. The Balaban J connectivity index is 3.09. The molecule has 0 radical (unpaired) electrons. The zero-order valence-corrected chi connectivity index (χ0v) is 14.8. The second-order valence-corrected chi connectivity index (χ2v) is 6.52. The van der Waals surface area contributed by atoms with Crippen LogP contribution in [0.2, 0.25) is 0 Å². The Labute approximate surface area is 133 Å². The molecule has 0 aliphatic heterocycles. The van der Waals surface area contributed by atoms with Crippen LogP contribution in [0.15, 0.2) is 0 Å². The van der Waals surface area contributed by atoms with Gasteiger partial charge in [0, 0.05) is 5.88 Å². The largest absolute Gasteiger partial charge is 0.316 e. The normalized spacial score (nSPS) is 12.8. The van der Waals surface area contributed by atoms with E-state index in [2.05, 4.69) is 19.2 Å². The maximum absolute atomic E-state index is 5.80. The van der Waals surface area contributed by atoms with Crippen LogP contribution in [0.1, 0.15) is 90.9 Å². The Kier molecular flexibility index (Phi) is 17.5. The molecule has 122 valence electrons. The van der Waals surface area contributed by atoms with E-state index < -0.39 is 0 Å². The first-order chi connectivity index (χ1) is 9.85. The molecule has 0 aromatic rings. The molecule has 0 amide bonds. The number of nitrogens with one attached hydrogen (secondary N) is 1. The zero-order chi connectivity index (χ0) is 14.9. The molecule has 0 saturated heterocycles. The SMILES string of the molecule is CCCCCCCCCCCCNCC(CC)CCCl. The van der Waals surface area contributed by atoms with Crippen molar-refractivity contribution in [3.8, 4) is 0 Å². The van der Waals surface area contributed by atoms with Gasteiger partial charge in [-0.3, -0.25) is 0 Å². The summed E-state index contributed by atoms with van der Waals surface area (Å²) in [5.41, 5.74) is 0. The van der Waals surface area contributed by atoms with Gasteiger partial charge in [0.2, 0.25) is 0 Å². The minimum atomic E-state index is 0.774. The molecule has 1 atom stereocenters. The third-order valence-electron chi connectivity index (χ3n) is 4.23. The van der Waals surface area contributed by atoms with E-state index in [4.69, 9.17) is 11.6 Å². The van der Waals surface area contributed by atoms with Crippen molar-refractivity contribution in [1.29, 1.82) is 0 Å². The number of unbranched alkanes of at least 4 members (excludes halogenated alkanes) is 9. The molecule has 0 heterocycles. The van der Waals surface area contributed by atoms with Crippen molar-refractivity contribution in [2.75, 3.05) is 19.0 Å². The van der Waals surface area contributed by atoms with Gasteiger partial charge < -0.3 is 5.32 Å². The third-order valence-corrected chi connectivity index (χ3v) is 4.45. The molecule has 1 unspecified atom stereocenters. The lowest BCUT2D eigenvalue weighted by atomic mass is 10.0. The quantitative estimate of drug-likeness (QED) is 0.266. The second kappa shape index (κ2) is 17.3. The van der Waals surface area contributed by atoms with E-state index in [0.717, 1.165) is 24.8 Å². The molecule has 0 aromatic heterocycles. The first kappa shape index (κ1) is 20.2. The molecule has 20 heavy (non-hydrogen) atoms. The Bertz CT molecular complexity index is 173. The Morgan fingerprint density at radius 1 is 0.800 bits per heavy atom. The van der Waals surface area contributed by atoms with Gasteiger partial charge in [-0.25, -0.2) is 0 Å². The topological polar surface area (TPSA) is 12.0 Å². The van der Waals surface area contributed by atoms with Gasteiger partial charge in [-0.15, -0.1) is 11.6 Å². The van der Waals surface area contributed by atoms with Crippen LogP contribution in [0.4, 0.5) is 0 Å². The van der Waals surface area contributed by atoms with E-state index in [9.17, 15) is 0 Å². The van der Waals surface area contributed by atoms with Gasteiger partial charge in [-0.2, -0.15) is 0 Å². The molecular weight excluding hydrogens is 266 g/mol. The van der Waals surface area contributed by atoms with Crippen molar-refractivity contribution in [1.82, 2.24) is 5.32 Å². The molecule has 0 aliphatic carbocycles. The van der Waals surface area contributed by atoms with Crippen LogP contribution in [0.5, 0.6) is 0 Å². The average molecular weight is 304 g/mol. The minimum Gasteiger partial charge on any atom is -0.316 e. The van der Waals surface area contributed by atoms with Gasteiger partial charge in [0.05, 0.1) is 0 Å². The molecule has 2 heteroatoms. The van der Waals surface area contributed by atoms with Gasteiger partial charge in [0.15, 0.2) is 0 Å². The number of hydrogen-bond donors (Lipinski definition) is 1. The number of rotatable bonds is 16. The summed E-state index contributed by atoms with van der Waals surface area (Å²) in [6.07, 6.45) is 16.6. The van der Waals surface area contributed by atoms with Crippen LogP contribution in [0.3, 0.4) is 0 Å². The minimum absolute atomic E-state index is 0.774. The van der Waals surface area contributed by atoms with Gasteiger partial charge in [0.25, 0.3) is 0 Å². The smallest absolute Gasteiger partial charge is 0.0226 e. The van der Waals surface area contributed by atoms with E-state index in [1.807, 2.05) is 0 Å². The predicted octanol–water partition coefficient (Wildman–Crippen LogP) is 6.15. The van der Waals surface area contributed by atoms with Crippen molar-refractivity contribution < 1.29 is 0 Å². The fourth-order valence-corrected chi connectivity index (χ4v) is 2.96. The Hall–Kier alpha value is 0.250. The number of halogens is 1. The Morgan fingerprint density at radius 2 is 1.35 bits per heavy atom.